The van der Waals surface area contributed by atoms with Crippen molar-refractivity contribution in [3.8, 4) is 0 Å². The monoisotopic (exact) mass is 366 g/mol. The Morgan fingerprint density at radius 3 is 2.42 bits per heavy atom. The molecule has 0 saturated carbocycles. The minimum atomic E-state index is -0.295. The van der Waals surface area contributed by atoms with Gasteiger partial charge in [0.1, 0.15) is 17.3 Å². The van der Waals surface area contributed by atoms with E-state index < -0.39 is 0 Å². The van der Waals surface area contributed by atoms with Crippen molar-refractivity contribution >= 4 is 34.7 Å². The Hall–Kier alpha value is -2.92. The first kappa shape index (κ1) is 17.9. The third-order valence-electron chi connectivity index (χ3n) is 3.79. The minimum Gasteiger partial charge on any atom is -0.339 e. The van der Waals surface area contributed by atoms with Crippen molar-refractivity contribution in [3.05, 3.63) is 76.2 Å². The maximum Gasteiger partial charge on any atom is 0.274 e. The van der Waals surface area contributed by atoms with Crippen LogP contribution in [0.1, 0.15) is 27.4 Å². The molecule has 0 atom stereocenters. The van der Waals surface area contributed by atoms with E-state index in [4.69, 9.17) is 11.6 Å². The molecule has 3 aromatic rings. The van der Waals surface area contributed by atoms with Crippen molar-refractivity contribution in [2.24, 2.45) is 0 Å². The molecule has 3 rings (SSSR count). The minimum absolute atomic E-state index is 0.282. The molecule has 1 amide bonds. The summed E-state index contributed by atoms with van der Waals surface area (Å²) in [7, 11) is 0. The summed E-state index contributed by atoms with van der Waals surface area (Å²) >= 11 is 6.35. The summed E-state index contributed by atoms with van der Waals surface area (Å²) in [5.74, 6) is 0.718. The van der Waals surface area contributed by atoms with Gasteiger partial charge >= 0.3 is 0 Å². The average Bonchev–Trinajstić information content (AvgIpc) is 2.58. The van der Waals surface area contributed by atoms with Gasteiger partial charge in [0.25, 0.3) is 5.91 Å². The molecule has 0 radical (unpaired) electrons. The Labute approximate surface area is 157 Å². The van der Waals surface area contributed by atoms with Crippen LogP contribution in [0, 0.1) is 20.8 Å². The van der Waals surface area contributed by atoms with Gasteiger partial charge in [-0.2, -0.15) is 0 Å². The summed E-state index contributed by atoms with van der Waals surface area (Å²) < 4.78 is 0. The van der Waals surface area contributed by atoms with E-state index in [9.17, 15) is 4.79 Å². The summed E-state index contributed by atoms with van der Waals surface area (Å²) in [4.78, 5) is 21.1. The van der Waals surface area contributed by atoms with Crippen molar-refractivity contribution in [1.82, 2.24) is 9.97 Å². The number of halogens is 1. The highest BCUT2D eigenvalue weighted by Gasteiger charge is 2.13. The van der Waals surface area contributed by atoms with Crippen LogP contribution in [0.3, 0.4) is 0 Å². The summed E-state index contributed by atoms with van der Waals surface area (Å²) in [6.45, 7) is 5.70. The molecule has 0 fully saturated rings. The smallest absolute Gasteiger partial charge is 0.274 e. The van der Waals surface area contributed by atoms with Gasteiger partial charge in [-0.25, -0.2) is 9.97 Å². The molecule has 1 heterocycles. The molecule has 0 bridgehead atoms. The number of aryl methyl sites for hydroxylation is 3. The van der Waals surface area contributed by atoms with E-state index >= 15 is 0 Å². The van der Waals surface area contributed by atoms with Crippen LogP contribution in [-0.4, -0.2) is 15.9 Å². The number of rotatable bonds is 4. The van der Waals surface area contributed by atoms with Gasteiger partial charge in [0.2, 0.25) is 0 Å². The van der Waals surface area contributed by atoms with E-state index in [-0.39, 0.29) is 11.6 Å². The van der Waals surface area contributed by atoms with Gasteiger partial charge in [-0.3, -0.25) is 4.79 Å². The first-order valence-corrected chi connectivity index (χ1v) is 8.56. The van der Waals surface area contributed by atoms with Crippen LogP contribution >= 0.6 is 11.6 Å². The van der Waals surface area contributed by atoms with Gasteiger partial charge in [-0.1, -0.05) is 35.9 Å². The average molecular weight is 367 g/mol. The largest absolute Gasteiger partial charge is 0.339 e. The van der Waals surface area contributed by atoms with E-state index in [1.807, 2.05) is 56.3 Å². The quantitative estimate of drug-likeness (QED) is 0.678. The van der Waals surface area contributed by atoms with E-state index in [0.717, 1.165) is 16.8 Å². The van der Waals surface area contributed by atoms with Crippen LogP contribution in [-0.2, 0) is 0 Å². The second kappa shape index (κ2) is 7.54. The molecule has 0 aliphatic rings. The number of nitrogens with one attached hydrogen (secondary N) is 2. The fraction of sp³-hybridized carbons (Fsp3) is 0.150. The maximum atomic E-state index is 12.5. The number of para-hydroxylation sites is 1. The number of hydrogen-bond acceptors (Lipinski definition) is 4. The Morgan fingerprint density at radius 2 is 1.73 bits per heavy atom. The number of nitrogens with zero attached hydrogens (tertiary/aromatic N) is 2. The molecule has 6 heteroatoms. The summed E-state index contributed by atoms with van der Waals surface area (Å²) in [5.41, 5.74) is 3.84. The molecule has 2 aromatic carbocycles. The first-order chi connectivity index (χ1) is 12.4. The van der Waals surface area contributed by atoms with Gasteiger partial charge in [-0.05, 0) is 50.1 Å². The molecular formula is C20H19ClN4O. The molecule has 0 unspecified atom stereocenters. The van der Waals surface area contributed by atoms with Crippen LogP contribution < -0.4 is 10.6 Å². The van der Waals surface area contributed by atoms with E-state index in [1.54, 1.807) is 13.0 Å². The highest BCUT2D eigenvalue weighted by molar-refractivity contribution is 6.33. The lowest BCUT2D eigenvalue weighted by atomic mass is 10.1. The Bertz CT molecular complexity index is 934. The Balaban J connectivity index is 1.87. The number of amides is 1. The summed E-state index contributed by atoms with van der Waals surface area (Å²) in [5, 5.41) is 6.63. The first-order valence-electron chi connectivity index (χ1n) is 8.18. The molecule has 0 spiro atoms. The third kappa shape index (κ3) is 4.18. The molecule has 0 aliphatic heterocycles. The second-order valence-corrected chi connectivity index (χ2v) is 6.48. The fourth-order valence-corrected chi connectivity index (χ4v) is 3.04. The Morgan fingerprint density at radius 1 is 1.00 bits per heavy atom. The second-order valence-electron chi connectivity index (χ2n) is 6.07. The normalized spacial score (nSPS) is 10.5. The predicted octanol–water partition coefficient (Wildman–Crippen LogP) is 5.05. The number of aromatic nitrogens is 2. The van der Waals surface area contributed by atoms with Crippen molar-refractivity contribution in [2.45, 2.75) is 20.8 Å². The fourth-order valence-electron chi connectivity index (χ4n) is 2.67. The number of carbonyl (C=O) groups is 1. The number of hydrogen-bond donors (Lipinski definition) is 2. The molecule has 0 saturated heterocycles. The molecule has 5 nitrogen and oxygen atoms in total. The van der Waals surface area contributed by atoms with Crippen molar-refractivity contribution in [3.63, 3.8) is 0 Å². The lowest BCUT2D eigenvalue weighted by Gasteiger charge is -2.13. The van der Waals surface area contributed by atoms with Crippen LogP contribution in [0.4, 0.5) is 17.2 Å². The highest BCUT2D eigenvalue weighted by atomic mass is 35.5. The highest BCUT2D eigenvalue weighted by Crippen LogP contribution is 2.29. The molecule has 2 N–H and O–H groups in total. The zero-order valence-electron chi connectivity index (χ0n) is 14.8. The molecule has 0 aliphatic carbocycles. The summed E-state index contributed by atoms with van der Waals surface area (Å²) in [6, 6.07) is 14.8. The van der Waals surface area contributed by atoms with Crippen LogP contribution in [0.2, 0.25) is 5.02 Å². The van der Waals surface area contributed by atoms with Gasteiger partial charge in [-0.15, -0.1) is 0 Å². The zero-order valence-corrected chi connectivity index (χ0v) is 15.6. The lowest BCUT2D eigenvalue weighted by Crippen LogP contribution is -2.15. The van der Waals surface area contributed by atoms with Crippen LogP contribution in [0.15, 0.2) is 48.5 Å². The molecule has 26 heavy (non-hydrogen) atoms. The lowest BCUT2D eigenvalue weighted by molar-refractivity contribution is 0.102. The topological polar surface area (TPSA) is 66.9 Å². The van der Waals surface area contributed by atoms with E-state index in [1.165, 1.54) is 0 Å². The third-order valence-corrected chi connectivity index (χ3v) is 4.09. The van der Waals surface area contributed by atoms with E-state index in [2.05, 4.69) is 20.6 Å². The number of anilines is 3. The van der Waals surface area contributed by atoms with Gasteiger partial charge < -0.3 is 10.6 Å². The number of benzene rings is 2. The predicted molar refractivity (Wildman–Crippen MR) is 105 cm³/mol. The van der Waals surface area contributed by atoms with Gasteiger partial charge in [0, 0.05) is 11.8 Å². The summed E-state index contributed by atoms with van der Waals surface area (Å²) in [6.07, 6.45) is 0. The maximum absolute atomic E-state index is 12.5. The zero-order chi connectivity index (χ0) is 18.7. The number of carbonyl (C=O) groups excluding carboxylic acids is 1. The standard InChI is InChI=1S/C20H19ClN4O/c1-12-9-13(2)19(16(21)10-12)25-18-11-17(22-14(3)23-18)20(26)24-15-7-5-4-6-8-15/h4-11H,1-3H3,(H,24,26)(H,22,23,25). The Kier molecular flexibility index (Phi) is 5.19. The van der Waals surface area contributed by atoms with Crippen LogP contribution in [0.25, 0.3) is 0 Å². The molecule has 132 valence electrons. The van der Waals surface area contributed by atoms with E-state index in [0.29, 0.717) is 22.4 Å². The van der Waals surface area contributed by atoms with Crippen molar-refractivity contribution in [1.29, 1.82) is 0 Å². The van der Waals surface area contributed by atoms with Crippen molar-refractivity contribution in [2.75, 3.05) is 10.6 Å². The molecule has 1 aromatic heterocycles. The van der Waals surface area contributed by atoms with Gasteiger partial charge in [0.05, 0.1) is 10.7 Å². The van der Waals surface area contributed by atoms with Crippen molar-refractivity contribution < 1.29 is 4.79 Å². The molecular weight excluding hydrogens is 348 g/mol. The van der Waals surface area contributed by atoms with Crippen LogP contribution in [0.5, 0.6) is 0 Å². The van der Waals surface area contributed by atoms with Gasteiger partial charge in [0.15, 0.2) is 0 Å². The SMILES string of the molecule is Cc1cc(C)c(Nc2cc(C(=O)Nc3ccccc3)nc(C)n2)c(Cl)c1.